The van der Waals surface area contributed by atoms with Crippen molar-refractivity contribution in [1.82, 2.24) is 0 Å². The minimum Gasteiger partial charge on any atom is -0.0887 e. The van der Waals surface area contributed by atoms with E-state index in [1.54, 1.807) is 0 Å². The lowest BCUT2D eigenvalue weighted by Gasteiger charge is -2.27. The molecule has 384 valence electrons. The van der Waals surface area contributed by atoms with E-state index < -0.39 is 0 Å². The van der Waals surface area contributed by atoms with Crippen LogP contribution in [0.15, 0.2) is 262 Å². The molecule has 0 radical (unpaired) electrons. The van der Waals surface area contributed by atoms with Gasteiger partial charge in [-0.25, -0.2) is 0 Å². The first-order valence-corrected chi connectivity index (χ1v) is 30.4. The van der Waals surface area contributed by atoms with Crippen LogP contribution in [0.25, 0.3) is 143 Å². The van der Waals surface area contributed by atoms with Gasteiger partial charge in [-0.1, -0.05) is 257 Å². The Balaban J connectivity index is 0.733. The molecule has 0 saturated heterocycles. The summed E-state index contributed by atoms with van der Waals surface area (Å²) in [6.45, 7) is 9.52. The third kappa shape index (κ3) is 6.32. The first-order valence-electron chi connectivity index (χ1n) is 28.8. The molecule has 0 saturated carbocycles. The molecule has 14 aromatic rings. The summed E-state index contributed by atoms with van der Waals surface area (Å²) in [6, 6.07) is 92.9. The maximum atomic E-state index is 2.49. The standard InChI is InChI=1S/C80H52S2/c1-79(2)65-27-15-13-17-49(65)51-33-29-45(41-67(51)79)73-55-19-5-9-23-59(55)75(60-24-10-6-20-56(60)73)47-31-35-53-63-37-38-64-54-36-32-48(44-72(54)82-70-40-39-69(77(63)78(64)70)81-71(53)43-47)76-61-25-11-7-21-57(61)74(58-22-8-12-26-62(58)76)46-30-34-52-50-18-14-16-28-66(50)80(3,4)68(52)42-46/h5-44H,1-4H3. The van der Waals surface area contributed by atoms with Gasteiger partial charge in [-0.15, -0.1) is 0 Å². The number of rotatable bonds is 4. The normalized spacial score (nSPS) is 14.4. The summed E-state index contributed by atoms with van der Waals surface area (Å²) in [5.74, 6) is 0. The van der Waals surface area contributed by atoms with Gasteiger partial charge < -0.3 is 0 Å². The van der Waals surface area contributed by atoms with Gasteiger partial charge in [0.2, 0.25) is 0 Å². The Morgan fingerprint density at radius 2 is 0.488 bits per heavy atom. The van der Waals surface area contributed by atoms with Crippen LogP contribution in [0.4, 0.5) is 0 Å². The highest BCUT2D eigenvalue weighted by Gasteiger charge is 2.37. The lowest BCUT2D eigenvalue weighted by Crippen LogP contribution is -2.14. The van der Waals surface area contributed by atoms with Gasteiger partial charge in [-0.2, -0.15) is 0 Å². The van der Waals surface area contributed by atoms with Crippen LogP contribution in [0.3, 0.4) is 0 Å². The molecular formula is C80H52S2. The summed E-state index contributed by atoms with van der Waals surface area (Å²) in [7, 11) is 0. The van der Waals surface area contributed by atoms with Gasteiger partial charge in [0.1, 0.15) is 0 Å². The fourth-order valence-corrected chi connectivity index (χ4v) is 17.8. The lowest BCUT2D eigenvalue weighted by molar-refractivity contribution is 0.660. The zero-order valence-electron chi connectivity index (χ0n) is 45.9. The molecule has 0 atom stereocenters. The quantitative estimate of drug-likeness (QED) is 0.161. The van der Waals surface area contributed by atoms with Crippen LogP contribution in [-0.4, -0.2) is 0 Å². The van der Waals surface area contributed by atoms with Gasteiger partial charge in [-0.05, 0) is 191 Å². The minimum absolute atomic E-state index is 0.0805. The fraction of sp³-hybridized carbons (Fsp3) is 0.0750. The number of hydrogen-bond acceptors (Lipinski definition) is 2. The molecule has 0 bridgehead atoms. The van der Waals surface area contributed by atoms with E-state index in [0.717, 1.165) is 0 Å². The van der Waals surface area contributed by atoms with Crippen molar-refractivity contribution in [3.05, 3.63) is 265 Å². The van der Waals surface area contributed by atoms with E-state index in [9.17, 15) is 0 Å². The molecule has 2 heterocycles. The average Bonchev–Trinajstić information content (AvgIpc) is 2.35. The van der Waals surface area contributed by atoms with Crippen molar-refractivity contribution in [3.63, 3.8) is 0 Å². The van der Waals surface area contributed by atoms with Gasteiger partial charge in [0.05, 0.1) is 0 Å². The summed E-state index contributed by atoms with van der Waals surface area (Å²) in [5.41, 5.74) is 26.3. The number of hydrogen-bond donors (Lipinski definition) is 0. The Morgan fingerprint density at radius 3 is 0.829 bits per heavy atom. The molecule has 2 aliphatic carbocycles. The van der Waals surface area contributed by atoms with E-state index >= 15 is 0 Å². The topological polar surface area (TPSA) is 0 Å². The molecule has 0 nitrogen and oxygen atoms in total. The summed E-state index contributed by atoms with van der Waals surface area (Å²) >= 11 is 3.86. The summed E-state index contributed by atoms with van der Waals surface area (Å²) in [4.78, 5) is 5.25. The van der Waals surface area contributed by atoms with Crippen LogP contribution in [0.2, 0.25) is 0 Å². The maximum Gasteiger partial charge on any atom is 0.0208 e. The molecule has 82 heavy (non-hydrogen) atoms. The van der Waals surface area contributed by atoms with Gasteiger partial charge in [-0.3, -0.25) is 0 Å². The van der Waals surface area contributed by atoms with Crippen molar-refractivity contribution in [1.29, 1.82) is 0 Å². The van der Waals surface area contributed by atoms with E-state index in [1.807, 2.05) is 23.5 Å². The largest absolute Gasteiger partial charge is 0.0887 e. The van der Waals surface area contributed by atoms with Crippen LogP contribution >= 0.6 is 23.5 Å². The molecule has 18 rings (SSSR count). The first kappa shape index (κ1) is 46.8. The zero-order valence-corrected chi connectivity index (χ0v) is 47.5. The van der Waals surface area contributed by atoms with E-state index in [0.29, 0.717) is 0 Å². The van der Waals surface area contributed by atoms with Gasteiger partial charge in [0, 0.05) is 41.2 Å². The number of benzene rings is 14. The predicted octanol–water partition coefficient (Wildman–Crippen LogP) is 23.0. The lowest BCUT2D eigenvalue weighted by atomic mass is 9.80. The molecule has 0 amide bonds. The molecule has 0 aromatic heterocycles. The molecular weight excluding hydrogens is 1030 g/mol. The predicted molar refractivity (Wildman–Crippen MR) is 350 cm³/mol. The van der Waals surface area contributed by atoms with Crippen LogP contribution in [0, 0.1) is 0 Å². The van der Waals surface area contributed by atoms with E-state index in [-0.39, 0.29) is 10.8 Å². The highest BCUT2D eigenvalue weighted by Crippen LogP contribution is 2.59. The molecule has 0 N–H and O–H groups in total. The van der Waals surface area contributed by atoms with Crippen LogP contribution in [0.5, 0.6) is 0 Å². The summed E-state index contributed by atoms with van der Waals surface area (Å²) < 4.78 is 0. The van der Waals surface area contributed by atoms with Crippen molar-refractivity contribution < 1.29 is 0 Å². The van der Waals surface area contributed by atoms with E-state index in [4.69, 9.17) is 0 Å². The molecule has 4 aliphatic rings. The Kier molecular flexibility index (Phi) is 9.61. The first-order chi connectivity index (χ1) is 40.2. The molecule has 0 spiro atoms. The highest BCUT2D eigenvalue weighted by molar-refractivity contribution is 8.00. The van der Waals surface area contributed by atoms with E-state index in [2.05, 4.69) is 270 Å². The fourth-order valence-electron chi connectivity index (χ4n) is 15.5. The second-order valence-corrected chi connectivity index (χ2v) is 26.3. The van der Waals surface area contributed by atoms with Crippen molar-refractivity contribution in [3.8, 4) is 89.0 Å². The molecule has 0 fully saturated rings. The Bertz CT molecular complexity index is 4780. The van der Waals surface area contributed by atoms with Crippen molar-refractivity contribution in [2.75, 3.05) is 0 Å². The highest BCUT2D eigenvalue weighted by atomic mass is 32.2. The average molecular weight is 1080 g/mol. The second-order valence-electron chi connectivity index (χ2n) is 24.1. The zero-order chi connectivity index (χ0) is 54.3. The summed E-state index contributed by atoms with van der Waals surface area (Å²) in [5, 5.41) is 13.0. The monoisotopic (exact) mass is 1080 g/mol. The van der Waals surface area contributed by atoms with Crippen molar-refractivity contribution >= 4 is 77.4 Å². The molecule has 2 heteroatoms. The third-order valence-electron chi connectivity index (χ3n) is 19.3. The smallest absolute Gasteiger partial charge is 0.0208 e. The maximum absolute atomic E-state index is 2.49. The van der Waals surface area contributed by atoms with Gasteiger partial charge >= 0.3 is 0 Å². The Hall–Kier alpha value is -8.92. The third-order valence-corrected chi connectivity index (χ3v) is 21.5. The van der Waals surface area contributed by atoms with Crippen molar-refractivity contribution in [2.45, 2.75) is 58.1 Å². The SMILES string of the molecule is CC1(C)c2ccccc2-c2ccc(-c3c4ccccc4c(-c4ccc5c(c4)Sc4ccc6c7c(ccc-5c47)-c4ccc(-c5c7ccccc7c(-c7ccc8c(c7)C(C)(C)c7ccccc7-8)c7ccccc57)cc4S6)c4ccccc34)cc21. The second kappa shape index (κ2) is 16.8. The number of fused-ring (bicyclic) bond motifs is 14. The molecule has 2 aliphatic heterocycles. The summed E-state index contributed by atoms with van der Waals surface area (Å²) in [6.07, 6.45) is 0. The van der Waals surface area contributed by atoms with Gasteiger partial charge in [0.25, 0.3) is 0 Å². The minimum atomic E-state index is -0.0805. The van der Waals surface area contributed by atoms with Crippen LogP contribution < -0.4 is 0 Å². The van der Waals surface area contributed by atoms with Gasteiger partial charge in [0.15, 0.2) is 0 Å². The van der Waals surface area contributed by atoms with Crippen LogP contribution in [0.1, 0.15) is 49.9 Å². The molecule has 14 aromatic carbocycles. The van der Waals surface area contributed by atoms with Crippen LogP contribution in [-0.2, 0) is 10.8 Å². The Labute approximate surface area is 486 Å². The molecule has 0 unspecified atom stereocenters. The Morgan fingerprint density at radius 1 is 0.220 bits per heavy atom. The van der Waals surface area contributed by atoms with Crippen molar-refractivity contribution in [2.24, 2.45) is 0 Å². The van der Waals surface area contributed by atoms with E-state index in [1.165, 1.54) is 185 Å².